The minimum Gasteiger partial charge on any atom is -0.391 e. The molecule has 2 heterocycles. The summed E-state index contributed by atoms with van der Waals surface area (Å²) in [4.78, 5) is 11.3. The monoisotopic (exact) mass is 352 g/mol. The van der Waals surface area contributed by atoms with E-state index in [-0.39, 0.29) is 6.10 Å². The molecule has 2 fully saturated rings. The molecular formula is C18H29ClN4O. The summed E-state index contributed by atoms with van der Waals surface area (Å²) >= 11 is 6.27. The normalized spacial score (nSPS) is 26.5. The summed E-state index contributed by atoms with van der Waals surface area (Å²) in [7, 11) is 0. The van der Waals surface area contributed by atoms with Crippen molar-refractivity contribution >= 4 is 17.4 Å². The first-order valence-corrected chi connectivity index (χ1v) is 9.68. The predicted molar refractivity (Wildman–Crippen MR) is 97.6 cm³/mol. The quantitative estimate of drug-likeness (QED) is 0.815. The van der Waals surface area contributed by atoms with Crippen molar-refractivity contribution < 1.29 is 5.11 Å². The van der Waals surface area contributed by atoms with Gasteiger partial charge >= 0.3 is 0 Å². The van der Waals surface area contributed by atoms with Crippen LogP contribution in [0.25, 0.3) is 0 Å². The van der Waals surface area contributed by atoms with Gasteiger partial charge in [0, 0.05) is 30.7 Å². The number of aliphatic hydroxyl groups is 1. The molecule has 0 spiro atoms. The van der Waals surface area contributed by atoms with Crippen molar-refractivity contribution in [1.29, 1.82) is 0 Å². The second-order valence-corrected chi connectivity index (χ2v) is 7.47. The Labute approximate surface area is 149 Å². The molecule has 2 atom stereocenters. The van der Waals surface area contributed by atoms with E-state index in [1.165, 1.54) is 12.8 Å². The lowest BCUT2D eigenvalue weighted by molar-refractivity contribution is 0.00992. The number of halogens is 1. The molecule has 2 N–H and O–H groups in total. The zero-order valence-corrected chi connectivity index (χ0v) is 15.5. The van der Waals surface area contributed by atoms with E-state index < -0.39 is 0 Å². The van der Waals surface area contributed by atoms with Crippen LogP contribution in [0, 0.1) is 6.92 Å². The molecule has 3 rings (SSSR count). The van der Waals surface area contributed by atoms with E-state index in [0.717, 1.165) is 56.6 Å². The SMILES string of the molecule is CCc1c(Cl)nc(C)nc1NC1CCN(C2CCCCC2O)CC1. The maximum atomic E-state index is 10.3. The molecule has 1 aromatic heterocycles. The molecule has 1 aromatic rings. The van der Waals surface area contributed by atoms with E-state index in [4.69, 9.17) is 11.6 Å². The summed E-state index contributed by atoms with van der Waals surface area (Å²) < 4.78 is 0. The van der Waals surface area contributed by atoms with Crippen molar-refractivity contribution in [3.05, 3.63) is 16.5 Å². The standard InChI is InChI=1S/C18H29ClN4O/c1-3-14-17(19)20-12(2)21-18(14)22-13-8-10-23(11-9-13)15-6-4-5-7-16(15)24/h13,15-16,24H,3-11H2,1-2H3,(H,20,21,22). The number of nitrogens with one attached hydrogen (secondary N) is 1. The Kier molecular flexibility index (Phi) is 5.95. The van der Waals surface area contributed by atoms with Gasteiger partial charge in [-0.3, -0.25) is 4.90 Å². The van der Waals surface area contributed by atoms with Crippen LogP contribution < -0.4 is 5.32 Å². The number of piperidine rings is 1. The lowest BCUT2D eigenvalue weighted by Crippen LogP contribution is -2.50. The molecule has 5 nitrogen and oxygen atoms in total. The minimum absolute atomic E-state index is 0.140. The first-order chi connectivity index (χ1) is 11.6. The number of aromatic nitrogens is 2. The zero-order valence-electron chi connectivity index (χ0n) is 14.8. The molecule has 1 aliphatic heterocycles. The van der Waals surface area contributed by atoms with Crippen molar-refractivity contribution in [1.82, 2.24) is 14.9 Å². The third-order valence-electron chi connectivity index (χ3n) is 5.46. The number of rotatable bonds is 4. The van der Waals surface area contributed by atoms with Gasteiger partial charge in [0.05, 0.1) is 6.10 Å². The molecule has 24 heavy (non-hydrogen) atoms. The van der Waals surface area contributed by atoms with Crippen LogP contribution in [0.3, 0.4) is 0 Å². The highest BCUT2D eigenvalue weighted by Gasteiger charge is 2.31. The van der Waals surface area contributed by atoms with Crippen LogP contribution in [0.15, 0.2) is 0 Å². The van der Waals surface area contributed by atoms with Gasteiger partial charge in [-0.25, -0.2) is 9.97 Å². The molecule has 134 valence electrons. The Morgan fingerprint density at radius 2 is 1.88 bits per heavy atom. The average Bonchev–Trinajstić information content (AvgIpc) is 2.56. The van der Waals surface area contributed by atoms with Crippen molar-refractivity contribution in [2.24, 2.45) is 0 Å². The highest BCUT2D eigenvalue weighted by molar-refractivity contribution is 6.30. The Morgan fingerprint density at radius 3 is 2.54 bits per heavy atom. The largest absolute Gasteiger partial charge is 0.391 e. The topological polar surface area (TPSA) is 61.3 Å². The molecule has 0 aromatic carbocycles. The Bertz CT molecular complexity index is 560. The van der Waals surface area contributed by atoms with Crippen molar-refractivity contribution in [2.45, 2.75) is 77.0 Å². The summed E-state index contributed by atoms with van der Waals surface area (Å²) in [5.74, 6) is 1.61. The molecule has 2 aliphatic rings. The summed E-state index contributed by atoms with van der Waals surface area (Å²) in [5.41, 5.74) is 1.01. The minimum atomic E-state index is -0.140. The zero-order chi connectivity index (χ0) is 17.1. The van der Waals surface area contributed by atoms with Gasteiger partial charge in [-0.1, -0.05) is 31.4 Å². The Hall–Kier alpha value is -0.910. The van der Waals surface area contributed by atoms with Gasteiger partial charge in [0.25, 0.3) is 0 Å². The van der Waals surface area contributed by atoms with Gasteiger partial charge < -0.3 is 10.4 Å². The molecular weight excluding hydrogens is 324 g/mol. The van der Waals surface area contributed by atoms with Crippen LogP contribution in [-0.4, -0.2) is 51.3 Å². The molecule has 0 radical (unpaired) electrons. The second-order valence-electron chi connectivity index (χ2n) is 7.12. The number of hydrogen-bond acceptors (Lipinski definition) is 5. The highest BCUT2D eigenvalue weighted by Crippen LogP contribution is 2.28. The van der Waals surface area contributed by atoms with Crippen molar-refractivity contribution in [3.63, 3.8) is 0 Å². The van der Waals surface area contributed by atoms with Crippen LogP contribution >= 0.6 is 11.6 Å². The first kappa shape index (κ1) is 17.9. The highest BCUT2D eigenvalue weighted by atomic mass is 35.5. The fourth-order valence-corrected chi connectivity index (χ4v) is 4.43. The third kappa shape index (κ3) is 4.01. The molecule has 1 aliphatic carbocycles. The van der Waals surface area contributed by atoms with Gasteiger partial charge in [0.15, 0.2) is 0 Å². The molecule has 6 heteroatoms. The number of likely N-dealkylation sites (tertiary alicyclic amines) is 1. The maximum absolute atomic E-state index is 10.3. The Balaban J connectivity index is 1.60. The molecule has 0 bridgehead atoms. The van der Waals surface area contributed by atoms with Crippen molar-refractivity contribution in [3.8, 4) is 0 Å². The number of anilines is 1. The summed E-state index contributed by atoms with van der Waals surface area (Å²) in [6, 6.07) is 0.777. The predicted octanol–water partition coefficient (Wildman–Crippen LogP) is 3.18. The maximum Gasteiger partial charge on any atom is 0.138 e. The van der Waals surface area contributed by atoms with E-state index in [1.54, 1.807) is 0 Å². The van der Waals surface area contributed by atoms with Crippen LogP contribution in [-0.2, 0) is 6.42 Å². The van der Waals surface area contributed by atoms with Gasteiger partial charge in [-0.15, -0.1) is 0 Å². The fourth-order valence-electron chi connectivity index (χ4n) is 4.08. The van der Waals surface area contributed by atoms with Crippen LogP contribution in [0.5, 0.6) is 0 Å². The average molecular weight is 353 g/mol. The molecule has 1 saturated heterocycles. The van der Waals surface area contributed by atoms with Gasteiger partial charge in [-0.2, -0.15) is 0 Å². The molecule has 2 unspecified atom stereocenters. The van der Waals surface area contributed by atoms with Crippen LogP contribution in [0.1, 0.15) is 56.8 Å². The molecule has 1 saturated carbocycles. The number of nitrogens with zero attached hydrogens (tertiary/aromatic N) is 3. The number of aryl methyl sites for hydroxylation is 1. The molecule has 0 amide bonds. The fraction of sp³-hybridized carbons (Fsp3) is 0.778. The Morgan fingerprint density at radius 1 is 1.17 bits per heavy atom. The second kappa shape index (κ2) is 7.98. The summed E-state index contributed by atoms with van der Waals surface area (Å²) in [6.45, 7) is 6.04. The van der Waals surface area contributed by atoms with Crippen LogP contribution in [0.4, 0.5) is 5.82 Å². The third-order valence-corrected chi connectivity index (χ3v) is 5.77. The summed E-state index contributed by atoms with van der Waals surface area (Å²) in [6.07, 6.45) is 7.36. The van der Waals surface area contributed by atoms with Gasteiger partial charge in [0.2, 0.25) is 0 Å². The van der Waals surface area contributed by atoms with Crippen LogP contribution in [0.2, 0.25) is 5.15 Å². The lowest BCUT2D eigenvalue weighted by atomic mass is 9.89. The summed E-state index contributed by atoms with van der Waals surface area (Å²) in [5, 5.41) is 14.4. The van der Waals surface area contributed by atoms with E-state index in [9.17, 15) is 5.11 Å². The number of aliphatic hydroxyl groups excluding tert-OH is 1. The van der Waals surface area contributed by atoms with E-state index in [2.05, 4.69) is 27.1 Å². The van der Waals surface area contributed by atoms with Gasteiger partial charge in [0.1, 0.15) is 16.8 Å². The van der Waals surface area contributed by atoms with E-state index in [1.807, 2.05) is 6.92 Å². The smallest absolute Gasteiger partial charge is 0.138 e. The number of hydrogen-bond donors (Lipinski definition) is 2. The van der Waals surface area contributed by atoms with E-state index in [0.29, 0.717) is 23.1 Å². The first-order valence-electron chi connectivity index (χ1n) is 9.30. The van der Waals surface area contributed by atoms with E-state index >= 15 is 0 Å². The lowest BCUT2D eigenvalue weighted by Gasteiger charge is -2.41. The van der Waals surface area contributed by atoms with Crippen molar-refractivity contribution in [2.75, 3.05) is 18.4 Å². The van der Waals surface area contributed by atoms with Gasteiger partial charge in [-0.05, 0) is 39.0 Å².